The minimum absolute atomic E-state index is 0.130. The molecular weight excluding hydrogens is 278 g/mol. The lowest BCUT2D eigenvalue weighted by molar-refractivity contribution is -0.134. The Morgan fingerprint density at radius 3 is 2.75 bits per heavy atom. The average molecular weight is 298 g/mol. The van der Waals surface area contributed by atoms with Gasteiger partial charge in [-0.1, -0.05) is 11.6 Å². The lowest BCUT2D eigenvalue weighted by atomic mass is 10.1. The molecule has 1 aromatic carbocycles. The summed E-state index contributed by atoms with van der Waals surface area (Å²) in [6.45, 7) is 4.80. The van der Waals surface area contributed by atoms with Gasteiger partial charge in [0.2, 0.25) is 0 Å². The maximum absolute atomic E-state index is 12.2. The molecule has 1 N–H and O–H groups in total. The Morgan fingerprint density at radius 2 is 2.15 bits per heavy atom. The molecule has 5 heteroatoms. The highest BCUT2D eigenvalue weighted by atomic mass is 35.5. The van der Waals surface area contributed by atoms with Crippen molar-refractivity contribution in [1.29, 1.82) is 0 Å². The van der Waals surface area contributed by atoms with Crippen LogP contribution in [-0.4, -0.2) is 30.8 Å². The Kier molecular flexibility index (Phi) is 4.89. The van der Waals surface area contributed by atoms with Crippen LogP contribution < -0.4 is 10.1 Å². The van der Waals surface area contributed by atoms with E-state index in [4.69, 9.17) is 21.1 Å². The van der Waals surface area contributed by atoms with Gasteiger partial charge in [-0.25, -0.2) is 0 Å². The third-order valence-corrected chi connectivity index (χ3v) is 3.50. The Balaban J connectivity index is 1.87. The van der Waals surface area contributed by atoms with Crippen LogP contribution in [0.3, 0.4) is 0 Å². The number of hydrogen-bond donors (Lipinski definition) is 1. The number of ether oxygens (including phenoxy) is 2. The second-order valence-corrected chi connectivity index (χ2v) is 5.85. The standard InChI is InChI=1S/C15H20ClNO3/c1-15(2,20-12-7-5-11(16)6-8-12)14(18)17-10-13-4-3-9-19-13/h5-8,13H,3-4,9-10H2,1-2H3,(H,17,18)/t13-/m0/s1. The number of halogens is 1. The molecule has 0 saturated carbocycles. The van der Waals surface area contributed by atoms with E-state index >= 15 is 0 Å². The first kappa shape index (κ1) is 15.1. The van der Waals surface area contributed by atoms with Crippen LogP contribution in [0.5, 0.6) is 5.75 Å². The van der Waals surface area contributed by atoms with Crippen molar-refractivity contribution in [3.8, 4) is 5.75 Å². The van der Waals surface area contributed by atoms with Gasteiger partial charge < -0.3 is 14.8 Å². The van der Waals surface area contributed by atoms with Crippen molar-refractivity contribution >= 4 is 17.5 Å². The molecule has 1 aliphatic rings. The Hall–Kier alpha value is -1.26. The molecule has 1 aliphatic heterocycles. The van der Waals surface area contributed by atoms with E-state index in [2.05, 4.69) is 5.32 Å². The molecule has 1 fully saturated rings. The molecule has 1 aromatic rings. The van der Waals surface area contributed by atoms with Crippen LogP contribution >= 0.6 is 11.6 Å². The van der Waals surface area contributed by atoms with E-state index in [9.17, 15) is 4.79 Å². The van der Waals surface area contributed by atoms with E-state index in [1.54, 1.807) is 38.1 Å². The zero-order valence-corrected chi connectivity index (χ0v) is 12.6. The van der Waals surface area contributed by atoms with Crippen LogP contribution in [0.1, 0.15) is 26.7 Å². The molecule has 1 amide bonds. The second-order valence-electron chi connectivity index (χ2n) is 5.41. The summed E-state index contributed by atoms with van der Waals surface area (Å²) in [5.74, 6) is 0.467. The summed E-state index contributed by atoms with van der Waals surface area (Å²) in [5, 5.41) is 3.52. The van der Waals surface area contributed by atoms with Gasteiger partial charge in [-0.3, -0.25) is 4.79 Å². The Bertz CT molecular complexity index is 453. The largest absolute Gasteiger partial charge is 0.478 e. The first-order valence-corrected chi connectivity index (χ1v) is 7.20. The molecule has 0 radical (unpaired) electrons. The van der Waals surface area contributed by atoms with Crippen molar-refractivity contribution < 1.29 is 14.3 Å². The number of hydrogen-bond acceptors (Lipinski definition) is 3. The summed E-state index contributed by atoms with van der Waals surface area (Å²) in [5.41, 5.74) is -0.938. The Labute approximate surface area is 124 Å². The average Bonchev–Trinajstić information content (AvgIpc) is 2.91. The minimum atomic E-state index is -0.938. The number of carbonyl (C=O) groups excluding carboxylic acids is 1. The molecule has 2 rings (SSSR count). The summed E-state index contributed by atoms with van der Waals surface area (Å²) in [6.07, 6.45) is 2.19. The highest BCUT2D eigenvalue weighted by Gasteiger charge is 2.30. The number of carbonyl (C=O) groups is 1. The molecule has 1 heterocycles. The third-order valence-electron chi connectivity index (χ3n) is 3.25. The zero-order valence-electron chi connectivity index (χ0n) is 11.8. The van der Waals surface area contributed by atoms with Crippen molar-refractivity contribution in [3.63, 3.8) is 0 Å². The smallest absolute Gasteiger partial charge is 0.263 e. The molecule has 0 aromatic heterocycles. The fourth-order valence-corrected chi connectivity index (χ4v) is 2.19. The van der Waals surface area contributed by atoms with Crippen molar-refractivity contribution in [1.82, 2.24) is 5.32 Å². The van der Waals surface area contributed by atoms with E-state index < -0.39 is 5.60 Å². The molecule has 0 spiro atoms. The lowest BCUT2D eigenvalue weighted by Gasteiger charge is -2.26. The molecular formula is C15H20ClNO3. The molecule has 0 unspecified atom stereocenters. The summed E-state index contributed by atoms with van der Waals surface area (Å²) in [4.78, 5) is 12.2. The topological polar surface area (TPSA) is 47.6 Å². The molecule has 0 aliphatic carbocycles. The zero-order chi connectivity index (χ0) is 14.6. The van der Waals surface area contributed by atoms with E-state index in [-0.39, 0.29) is 12.0 Å². The summed E-state index contributed by atoms with van der Waals surface area (Å²) in [7, 11) is 0. The Morgan fingerprint density at radius 1 is 1.45 bits per heavy atom. The normalized spacial score (nSPS) is 18.9. The number of amides is 1. The highest BCUT2D eigenvalue weighted by Crippen LogP contribution is 2.21. The van der Waals surface area contributed by atoms with E-state index in [0.29, 0.717) is 17.3 Å². The molecule has 0 bridgehead atoms. The van der Waals surface area contributed by atoms with Crippen LogP contribution in [0.2, 0.25) is 5.02 Å². The maximum atomic E-state index is 12.2. The molecule has 20 heavy (non-hydrogen) atoms. The second kappa shape index (κ2) is 6.46. The SMILES string of the molecule is CC(C)(Oc1ccc(Cl)cc1)C(=O)NC[C@@H]1CCCO1. The quantitative estimate of drug-likeness (QED) is 0.909. The first-order valence-electron chi connectivity index (χ1n) is 6.82. The minimum Gasteiger partial charge on any atom is -0.478 e. The van der Waals surface area contributed by atoms with Crippen molar-refractivity contribution in [2.75, 3.05) is 13.2 Å². The van der Waals surface area contributed by atoms with Gasteiger partial charge in [0.15, 0.2) is 5.60 Å². The molecule has 1 saturated heterocycles. The van der Waals surface area contributed by atoms with Crippen LogP contribution in [-0.2, 0) is 9.53 Å². The van der Waals surface area contributed by atoms with Gasteiger partial charge in [0.1, 0.15) is 5.75 Å². The van der Waals surface area contributed by atoms with Crippen molar-refractivity contribution in [2.45, 2.75) is 38.4 Å². The van der Waals surface area contributed by atoms with Gasteiger partial charge in [-0.05, 0) is 51.0 Å². The molecule has 110 valence electrons. The van der Waals surface area contributed by atoms with Crippen LogP contribution in [0.15, 0.2) is 24.3 Å². The fourth-order valence-electron chi connectivity index (χ4n) is 2.07. The lowest BCUT2D eigenvalue weighted by Crippen LogP contribution is -2.48. The number of benzene rings is 1. The molecule has 4 nitrogen and oxygen atoms in total. The predicted octanol–water partition coefficient (Wildman–Crippen LogP) is 2.79. The van der Waals surface area contributed by atoms with Crippen molar-refractivity contribution in [2.24, 2.45) is 0 Å². The van der Waals surface area contributed by atoms with Gasteiger partial charge in [0.05, 0.1) is 6.10 Å². The fraction of sp³-hybridized carbons (Fsp3) is 0.533. The van der Waals surface area contributed by atoms with Gasteiger partial charge in [-0.15, -0.1) is 0 Å². The van der Waals surface area contributed by atoms with Gasteiger partial charge in [0, 0.05) is 18.2 Å². The summed E-state index contributed by atoms with van der Waals surface area (Å²) in [6, 6.07) is 6.96. The summed E-state index contributed by atoms with van der Waals surface area (Å²) < 4.78 is 11.2. The first-order chi connectivity index (χ1) is 9.47. The van der Waals surface area contributed by atoms with Gasteiger partial charge in [0.25, 0.3) is 5.91 Å². The van der Waals surface area contributed by atoms with Crippen molar-refractivity contribution in [3.05, 3.63) is 29.3 Å². The van der Waals surface area contributed by atoms with Crippen LogP contribution in [0, 0.1) is 0 Å². The van der Waals surface area contributed by atoms with Gasteiger partial charge >= 0.3 is 0 Å². The van der Waals surface area contributed by atoms with E-state index in [1.807, 2.05) is 0 Å². The van der Waals surface area contributed by atoms with E-state index in [0.717, 1.165) is 19.4 Å². The molecule has 1 atom stereocenters. The van der Waals surface area contributed by atoms with Gasteiger partial charge in [-0.2, -0.15) is 0 Å². The van der Waals surface area contributed by atoms with Crippen LogP contribution in [0.4, 0.5) is 0 Å². The number of nitrogens with one attached hydrogen (secondary N) is 1. The number of rotatable bonds is 5. The van der Waals surface area contributed by atoms with E-state index in [1.165, 1.54) is 0 Å². The highest BCUT2D eigenvalue weighted by molar-refractivity contribution is 6.30. The maximum Gasteiger partial charge on any atom is 0.263 e. The predicted molar refractivity (Wildman–Crippen MR) is 78.1 cm³/mol. The monoisotopic (exact) mass is 297 g/mol. The third kappa shape index (κ3) is 4.12. The summed E-state index contributed by atoms with van der Waals surface area (Å²) >= 11 is 5.82. The van der Waals surface area contributed by atoms with Crippen LogP contribution in [0.25, 0.3) is 0 Å².